The Bertz CT molecular complexity index is 1330. The van der Waals surface area contributed by atoms with Crippen molar-refractivity contribution in [3.8, 4) is 6.07 Å². The van der Waals surface area contributed by atoms with Crippen molar-refractivity contribution in [2.24, 2.45) is 0 Å². The summed E-state index contributed by atoms with van der Waals surface area (Å²) in [6.07, 6.45) is 0. The molecule has 0 unspecified atom stereocenters. The lowest BCUT2D eigenvalue weighted by Crippen LogP contribution is -2.15. The smallest absolute Gasteiger partial charge is 0.339 e. The molecule has 0 saturated heterocycles. The van der Waals surface area contributed by atoms with E-state index in [1.807, 2.05) is 49.4 Å². The zero-order valence-electron chi connectivity index (χ0n) is 16.7. The molecular weight excluding hydrogens is 408 g/mol. The molecule has 0 fully saturated rings. The van der Waals surface area contributed by atoms with Crippen LogP contribution in [0.3, 0.4) is 0 Å². The molecule has 3 aromatic carbocycles. The number of Topliss-reactive ketones (excluding diaryl/α,β-unsaturated/α-hetero) is 1. The van der Waals surface area contributed by atoms with Crippen LogP contribution in [0.4, 0.5) is 0 Å². The summed E-state index contributed by atoms with van der Waals surface area (Å²) in [5.74, 6) is -0.841. The number of aromatic nitrogens is 1. The number of H-pyrrole nitrogens is 1. The van der Waals surface area contributed by atoms with Gasteiger partial charge in [0.25, 0.3) is 0 Å². The Labute approximate surface area is 183 Å². The number of fused-ring (bicyclic) bond motifs is 1. The highest BCUT2D eigenvalue weighted by Crippen LogP contribution is 2.33. The van der Waals surface area contributed by atoms with Gasteiger partial charge in [-0.25, -0.2) is 4.79 Å². The van der Waals surface area contributed by atoms with E-state index in [1.165, 1.54) is 11.8 Å². The molecular formula is C25H18N2O3S. The SMILES string of the molecule is Cc1[nH]c2ccccc2c1C(=O)COC(=O)c1ccccc1Sc1ccccc1C#N. The van der Waals surface area contributed by atoms with E-state index in [9.17, 15) is 14.9 Å². The summed E-state index contributed by atoms with van der Waals surface area (Å²) in [5.41, 5.74) is 3.03. The van der Waals surface area contributed by atoms with E-state index in [4.69, 9.17) is 4.74 Å². The molecule has 0 bridgehead atoms. The number of benzene rings is 3. The molecule has 4 rings (SSSR count). The number of esters is 1. The number of ketones is 1. The van der Waals surface area contributed by atoms with Crippen LogP contribution in [0, 0.1) is 18.3 Å². The maximum Gasteiger partial charge on any atom is 0.339 e. The van der Waals surface area contributed by atoms with Gasteiger partial charge in [-0.15, -0.1) is 0 Å². The van der Waals surface area contributed by atoms with Crippen molar-refractivity contribution >= 4 is 34.4 Å². The number of nitrogens with one attached hydrogen (secondary N) is 1. The third-order valence-corrected chi connectivity index (χ3v) is 5.99. The third-order valence-electron chi connectivity index (χ3n) is 4.84. The lowest BCUT2D eigenvalue weighted by molar-refractivity contribution is 0.0471. The largest absolute Gasteiger partial charge is 0.454 e. The summed E-state index contributed by atoms with van der Waals surface area (Å²) in [4.78, 5) is 30.2. The van der Waals surface area contributed by atoms with Gasteiger partial charge < -0.3 is 9.72 Å². The van der Waals surface area contributed by atoms with Crippen molar-refractivity contribution < 1.29 is 14.3 Å². The molecule has 0 amide bonds. The van der Waals surface area contributed by atoms with Crippen LogP contribution in [0.2, 0.25) is 0 Å². The lowest BCUT2D eigenvalue weighted by Gasteiger charge is -2.10. The standard InChI is InChI=1S/C25H18N2O3S/c1-16-24(18-9-3-5-11-20(18)27-16)21(28)15-30-25(29)19-10-4-7-13-23(19)31-22-12-6-2-8-17(22)14-26/h2-13,27H,15H2,1H3. The van der Waals surface area contributed by atoms with E-state index in [0.717, 1.165) is 21.5 Å². The van der Waals surface area contributed by atoms with E-state index in [-0.39, 0.29) is 12.4 Å². The van der Waals surface area contributed by atoms with Gasteiger partial charge in [0.2, 0.25) is 5.78 Å². The molecule has 6 heteroatoms. The van der Waals surface area contributed by atoms with Crippen molar-refractivity contribution in [2.75, 3.05) is 6.61 Å². The zero-order chi connectivity index (χ0) is 21.8. The van der Waals surface area contributed by atoms with Gasteiger partial charge in [0.15, 0.2) is 6.61 Å². The van der Waals surface area contributed by atoms with Crippen LogP contribution in [0.25, 0.3) is 10.9 Å². The number of nitriles is 1. The molecule has 0 aliphatic heterocycles. The average Bonchev–Trinajstić information content (AvgIpc) is 3.13. The second kappa shape index (κ2) is 8.90. The number of hydrogen-bond donors (Lipinski definition) is 1. The molecule has 0 radical (unpaired) electrons. The molecule has 1 aromatic heterocycles. The first-order valence-electron chi connectivity index (χ1n) is 9.62. The second-order valence-electron chi connectivity index (χ2n) is 6.88. The highest BCUT2D eigenvalue weighted by atomic mass is 32.2. The van der Waals surface area contributed by atoms with Crippen LogP contribution in [0.1, 0.15) is 32.0 Å². The number of hydrogen-bond acceptors (Lipinski definition) is 5. The number of rotatable bonds is 6. The molecule has 152 valence electrons. The van der Waals surface area contributed by atoms with Gasteiger partial charge in [0.1, 0.15) is 6.07 Å². The summed E-state index contributed by atoms with van der Waals surface area (Å²) in [5, 5.41) is 10.1. The first-order chi connectivity index (χ1) is 15.1. The predicted molar refractivity (Wildman–Crippen MR) is 119 cm³/mol. The fourth-order valence-corrected chi connectivity index (χ4v) is 4.42. The normalized spacial score (nSPS) is 10.6. The molecule has 5 nitrogen and oxygen atoms in total. The number of nitrogens with zero attached hydrogens (tertiary/aromatic N) is 1. The minimum Gasteiger partial charge on any atom is -0.454 e. The maximum atomic E-state index is 12.8. The number of carbonyl (C=O) groups excluding carboxylic acids is 2. The van der Waals surface area contributed by atoms with Gasteiger partial charge in [0.05, 0.1) is 11.1 Å². The van der Waals surface area contributed by atoms with Crippen LogP contribution in [0.15, 0.2) is 82.6 Å². The van der Waals surface area contributed by atoms with E-state index >= 15 is 0 Å². The van der Waals surface area contributed by atoms with E-state index in [1.54, 1.807) is 30.3 Å². The van der Waals surface area contributed by atoms with Gasteiger partial charge in [-0.05, 0) is 37.3 Å². The summed E-state index contributed by atoms with van der Waals surface area (Å²) < 4.78 is 5.37. The maximum absolute atomic E-state index is 12.8. The second-order valence-corrected chi connectivity index (χ2v) is 7.96. The van der Waals surface area contributed by atoms with Crippen molar-refractivity contribution in [1.29, 1.82) is 5.26 Å². The highest BCUT2D eigenvalue weighted by Gasteiger charge is 2.20. The van der Waals surface area contributed by atoms with Crippen LogP contribution < -0.4 is 0 Å². The third kappa shape index (κ3) is 4.23. The highest BCUT2D eigenvalue weighted by molar-refractivity contribution is 7.99. The molecule has 0 aliphatic rings. The van der Waals surface area contributed by atoms with Crippen LogP contribution in [0.5, 0.6) is 0 Å². The summed E-state index contributed by atoms with van der Waals surface area (Å²) in [6, 6.07) is 23.9. The monoisotopic (exact) mass is 426 g/mol. The fraction of sp³-hybridized carbons (Fsp3) is 0.0800. The molecule has 1 N–H and O–H groups in total. The Morgan fingerprint density at radius 3 is 2.45 bits per heavy atom. The van der Waals surface area contributed by atoms with Crippen molar-refractivity contribution in [1.82, 2.24) is 4.98 Å². The Kier molecular flexibility index (Phi) is 5.87. The summed E-state index contributed by atoms with van der Waals surface area (Å²) in [7, 11) is 0. The number of para-hydroxylation sites is 1. The summed E-state index contributed by atoms with van der Waals surface area (Å²) >= 11 is 1.32. The first kappa shape index (κ1) is 20.5. The van der Waals surface area contributed by atoms with Crippen LogP contribution in [-0.2, 0) is 4.74 Å². The topological polar surface area (TPSA) is 83.0 Å². The first-order valence-corrected chi connectivity index (χ1v) is 10.4. The van der Waals surface area contributed by atoms with Gasteiger partial charge in [0, 0.05) is 32.0 Å². The molecule has 0 spiro atoms. The number of carbonyl (C=O) groups is 2. The van der Waals surface area contributed by atoms with Crippen molar-refractivity contribution in [3.05, 3.63) is 95.2 Å². The molecule has 0 atom stereocenters. The van der Waals surface area contributed by atoms with Crippen LogP contribution >= 0.6 is 11.8 Å². The Morgan fingerprint density at radius 2 is 1.65 bits per heavy atom. The lowest BCUT2D eigenvalue weighted by atomic mass is 10.1. The number of ether oxygens (including phenoxy) is 1. The minimum absolute atomic E-state index is 0.261. The van der Waals surface area contributed by atoms with E-state index < -0.39 is 5.97 Å². The predicted octanol–water partition coefficient (Wildman–Crippen LogP) is 5.54. The number of aromatic amines is 1. The molecule has 1 heterocycles. The van der Waals surface area contributed by atoms with E-state index in [2.05, 4.69) is 11.1 Å². The Balaban J connectivity index is 1.52. The van der Waals surface area contributed by atoms with Gasteiger partial charge in [-0.2, -0.15) is 5.26 Å². The van der Waals surface area contributed by atoms with Crippen molar-refractivity contribution in [2.45, 2.75) is 16.7 Å². The van der Waals surface area contributed by atoms with Crippen molar-refractivity contribution in [3.63, 3.8) is 0 Å². The minimum atomic E-state index is -0.580. The zero-order valence-corrected chi connectivity index (χ0v) is 17.5. The average molecular weight is 426 g/mol. The Hall–Kier alpha value is -3.82. The van der Waals surface area contributed by atoms with Gasteiger partial charge in [-0.3, -0.25) is 4.79 Å². The van der Waals surface area contributed by atoms with Gasteiger partial charge >= 0.3 is 5.97 Å². The molecule has 4 aromatic rings. The molecule has 0 saturated carbocycles. The van der Waals surface area contributed by atoms with Gasteiger partial charge in [-0.1, -0.05) is 54.2 Å². The fourth-order valence-electron chi connectivity index (χ4n) is 3.41. The quantitative estimate of drug-likeness (QED) is 0.323. The summed E-state index contributed by atoms with van der Waals surface area (Å²) in [6.45, 7) is 1.48. The van der Waals surface area contributed by atoms with E-state index in [0.29, 0.717) is 21.6 Å². The molecule has 31 heavy (non-hydrogen) atoms. The molecule has 0 aliphatic carbocycles. The van der Waals surface area contributed by atoms with Crippen LogP contribution in [-0.4, -0.2) is 23.3 Å². The number of aryl methyl sites for hydroxylation is 1. The Morgan fingerprint density at radius 1 is 0.968 bits per heavy atom.